The SMILES string of the molecule is CS(=O)(=O)c1cc(C#N)cc(S(C)(=O)=O)c1Oc1nc(Nc2ccc(C#N)cc2)nc(N)c1Br. The second kappa shape index (κ2) is 9.26. The Hall–Kier alpha value is -3.72. The van der Waals surface area contributed by atoms with Gasteiger partial charge in [-0.25, -0.2) is 16.8 Å². The number of nitriles is 2. The van der Waals surface area contributed by atoms with E-state index >= 15 is 0 Å². The summed E-state index contributed by atoms with van der Waals surface area (Å²) < 4.78 is 55.4. The summed E-state index contributed by atoms with van der Waals surface area (Å²) in [5.41, 5.74) is 6.70. The van der Waals surface area contributed by atoms with Crippen LogP contribution in [-0.4, -0.2) is 39.3 Å². The van der Waals surface area contributed by atoms with Gasteiger partial charge in [0.05, 0.1) is 23.3 Å². The van der Waals surface area contributed by atoms with Gasteiger partial charge in [-0.3, -0.25) is 0 Å². The molecule has 0 atom stereocenters. The van der Waals surface area contributed by atoms with Crippen LogP contribution in [-0.2, 0) is 19.7 Å². The Balaban J connectivity index is 2.17. The molecule has 174 valence electrons. The van der Waals surface area contributed by atoms with Crippen molar-refractivity contribution in [3.63, 3.8) is 0 Å². The third-order valence-electron chi connectivity index (χ3n) is 4.26. The van der Waals surface area contributed by atoms with Gasteiger partial charge < -0.3 is 15.8 Å². The Morgan fingerprint density at radius 2 is 1.47 bits per heavy atom. The maximum atomic E-state index is 12.4. The molecule has 11 nitrogen and oxygen atoms in total. The van der Waals surface area contributed by atoms with E-state index in [2.05, 4.69) is 31.2 Å². The summed E-state index contributed by atoms with van der Waals surface area (Å²) in [6.07, 6.45) is 1.70. The molecule has 0 fully saturated rings. The number of aromatic nitrogens is 2. The summed E-state index contributed by atoms with van der Waals surface area (Å²) in [5.74, 6) is -0.942. The first-order chi connectivity index (χ1) is 15.8. The Kier molecular flexibility index (Phi) is 6.79. The second-order valence-corrected chi connectivity index (χ2v) is 11.7. The minimum atomic E-state index is -4.03. The largest absolute Gasteiger partial charge is 0.435 e. The third kappa shape index (κ3) is 5.43. The van der Waals surface area contributed by atoms with Gasteiger partial charge in [-0.1, -0.05) is 0 Å². The predicted molar refractivity (Wildman–Crippen MR) is 126 cm³/mol. The highest BCUT2D eigenvalue weighted by molar-refractivity contribution is 9.10. The third-order valence-corrected chi connectivity index (χ3v) is 7.21. The van der Waals surface area contributed by atoms with Crippen molar-refractivity contribution in [2.75, 3.05) is 23.6 Å². The molecule has 0 saturated carbocycles. The number of benzene rings is 2. The van der Waals surface area contributed by atoms with Crippen LogP contribution in [0.25, 0.3) is 0 Å². The van der Waals surface area contributed by atoms with Gasteiger partial charge in [0.2, 0.25) is 11.8 Å². The highest BCUT2D eigenvalue weighted by atomic mass is 79.9. The number of hydrogen-bond acceptors (Lipinski definition) is 11. The molecule has 0 spiro atoms. The number of nitrogens with one attached hydrogen (secondary N) is 1. The van der Waals surface area contributed by atoms with E-state index in [-0.39, 0.29) is 27.7 Å². The topological polar surface area (TPSA) is 189 Å². The first-order valence-corrected chi connectivity index (χ1v) is 13.7. The molecule has 0 aliphatic carbocycles. The van der Waals surface area contributed by atoms with Crippen LogP contribution in [0.15, 0.2) is 50.7 Å². The van der Waals surface area contributed by atoms with Gasteiger partial charge in [0.25, 0.3) is 0 Å². The van der Waals surface area contributed by atoms with Crippen LogP contribution in [0.2, 0.25) is 0 Å². The standard InChI is InChI=1S/C20H15BrN6O5S2/c1-33(28,29)14-7-12(10-23)8-15(34(2,30)31)17(14)32-19-16(21)18(24)26-20(27-19)25-13-5-3-11(9-22)4-6-13/h3-8H,1-2H3,(H3,24,25,26,27). The summed E-state index contributed by atoms with van der Waals surface area (Å²) in [5, 5.41) is 21.0. The number of sulfone groups is 2. The lowest BCUT2D eigenvalue weighted by molar-refractivity contribution is 0.433. The maximum Gasteiger partial charge on any atom is 0.240 e. The van der Waals surface area contributed by atoms with Crippen molar-refractivity contribution in [2.45, 2.75) is 9.79 Å². The van der Waals surface area contributed by atoms with Crippen LogP contribution in [0.1, 0.15) is 11.1 Å². The molecule has 0 amide bonds. The van der Waals surface area contributed by atoms with Gasteiger partial charge in [0.15, 0.2) is 25.4 Å². The summed E-state index contributed by atoms with van der Waals surface area (Å²) >= 11 is 3.16. The number of hydrogen-bond donors (Lipinski definition) is 2. The summed E-state index contributed by atoms with van der Waals surface area (Å²) in [7, 11) is -8.06. The fourth-order valence-electron chi connectivity index (χ4n) is 2.71. The van der Waals surface area contributed by atoms with Crippen molar-refractivity contribution in [3.8, 4) is 23.8 Å². The van der Waals surface area contributed by atoms with E-state index in [1.165, 1.54) is 0 Å². The lowest BCUT2D eigenvalue weighted by atomic mass is 10.2. The number of halogens is 1. The smallest absolute Gasteiger partial charge is 0.240 e. The molecule has 0 unspecified atom stereocenters. The van der Waals surface area contributed by atoms with Crippen LogP contribution in [0, 0.1) is 22.7 Å². The number of rotatable bonds is 6. The van der Waals surface area contributed by atoms with Gasteiger partial charge in [0, 0.05) is 18.2 Å². The molecule has 3 rings (SSSR count). The molecule has 14 heteroatoms. The van der Waals surface area contributed by atoms with Gasteiger partial charge in [-0.2, -0.15) is 20.5 Å². The number of ether oxygens (including phenoxy) is 1. The molecule has 0 radical (unpaired) electrons. The van der Waals surface area contributed by atoms with E-state index in [9.17, 15) is 22.1 Å². The van der Waals surface area contributed by atoms with E-state index in [4.69, 9.17) is 15.7 Å². The van der Waals surface area contributed by atoms with E-state index in [1.54, 1.807) is 30.3 Å². The number of nitrogen functional groups attached to an aromatic ring is 1. The van der Waals surface area contributed by atoms with E-state index in [1.807, 2.05) is 6.07 Å². The molecule has 1 heterocycles. The Morgan fingerprint density at radius 3 is 1.94 bits per heavy atom. The van der Waals surface area contributed by atoms with Crippen molar-refractivity contribution in [2.24, 2.45) is 0 Å². The molecule has 34 heavy (non-hydrogen) atoms. The minimum absolute atomic E-state index is 0.0427. The van der Waals surface area contributed by atoms with E-state index < -0.39 is 35.2 Å². The fraction of sp³-hybridized carbons (Fsp3) is 0.100. The Bertz CT molecular complexity index is 1540. The molecule has 3 aromatic rings. The molecule has 3 N–H and O–H groups in total. The zero-order valence-electron chi connectivity index (χ0n) is 17.6. The van der Waals surface area contributed by atoms with Gasteiger partial charge in [-0.15, -0.1) is 0 Å². The molecule has 0 bridgehead atoms. The highest BCUT2D eigenvalue weighted by Crippen LogP contribution is 2.39. The molecule has 0 saturated heterocycles. The Morgan fingerprint density at radius 1 is 0.941 bits per heavy atom. The van der Waals surface area contributed by atoms with Gasteiger partial charge >= 0.3 is 0 Å². The maximum absolute atomic E-state index is 12.4. The normalized spacial score (nSPS) is 11.3. The zero-order valence-corrected chi connectivity index (χ0v) is 20.8. The second-order valence-electron chi connectivity index (χ2n) is 6.93. The van der Waals surface area contributed by atoms with Gasteiger partial charge in [0.1, 0.15) is 20.1 Å². The first-order valence-electron chi connectivity index (χ1n) is 9.10. The Labute approximate surface area is 203 Å². The van der Waals surface area contributed by atoms with E-state index in [0.29, 0.717) is 11.3 Å². The quantitative estimate of drug-likeness (QED) is 0.449. The van der Waals surface area contributed by atoms with Crippen LogP contribution in [0.3, 0.4) is 0 Å². The number of nitrogens with zero attached hydrogens (tertiary/aromatic N) is 4. The zero-order chi connectivity index (χ0) is 25.3. The van der Waals surface area contributed by atoms with Crippen LogP contribution in [0.4, 0.5) is 17.5 Å². The van der Waals surface area contributed by atoms with Crippen molar-refractivity contribution >= 4 is 53.1 Å². The average molecular weight is 563 g/mol. The molecule has 0 aliphatic rings. The molecule has 2 aromatic carbocycles. The lowest BCUT2D eigenvalue weighted by Crippen LogP contribution is -2.09. The summed E-state index contributed by atoms with van der Waals surface area (Å²) in [6, 6.07) is 12.1. The minimum Gasteiger partial charge on any atom is -0.435 e. The average Bonchev–Trinajstić information content (AvgIpc) is 2.76. The van der Waals surface area contributed by atoms with Crippen LogP contribution in [0.5, 0.6) is 11.6 Å². The van der Waals surface area contributed by atoms with E-state index in [0.717, 1.165) is 24.6 Å². The summed E-state index contributed by atoms with van der Waals surface area (Å²) in [6.45, 7) is 0. The number of anilines is 3. The summed E-state index contributed by atoms with van der Waals surface area (Å²) in [4.78, 5) is 7.20. The molecular formula is C20H15BrN6O5S2. The first kappa shape index (κ1) is 24.9. The van der Waals surface area contributed by atoms with Crippen LogP contribution < -0.4 is 15.8 Å². The monoisotopic (exact) mass is 562 g/mol. The van der Waals surface area contributed by atoms with Crippen molar-refractivity contribution < 1.29 is 21.6 Å². The number of nitrogens with two attached hydrogens (primary N) is 1. The highest BCUT2D eigenvalue weighted by Gasteiger charge is 2.27. The fourth-order valence-corrected chi connectivity index (χ4v) is 4.69. The van der Waals surface area contributed by atoms with Crippen molar-refractivity contribution in [1.29, 1.82) is 10.5 Å². The van der Waals surface area contributed by atoms with Crippen LogP contribution >= 0.6 is 15.9 Å². The molecule has 0 aliphatic heterocycles. The van der Waals surface area contributed by atoms with Gasteiger partial charge in [-0.05, 0) is 52.3 Å². The lowest BCUT2D eigenvalue weighted by Gasteiger charge is -2.16. The molecular weight excluding hydrogens is 548 g/mol. The van der Waals surface area contributed by atoms with Crippen molar-refractivity contribution in [3.05, 3.63) is 52.0 Å². The predicted octanol–water partition coefficient (Wildman–Crippen LogP) is 2.91. The van der Waals surface area contributed by atoms with Crippen molar-refractivity contribution in [1.82, 2.24) is 9.97 Å². The molecule has 1 aromatic heterocycles.